The van der Waals surface area contributed by atoms with Crippen LogP contribution >= 0.6 is 11.6 Å². The van der Waals surface area contributed by atoms with E-state index in [1.807, 2.05) is 0 Å². The van der Waals surface area contributed by atoms with Crippen LogP contribution in [0, 0.1) is 0 Å². The van der Waals surface area contributed by atoms with Crippen molar-refractivity contribution in [2.75, 3.05) is 7.11 Å². The summed E-state index contributed by atoms with van der Waals surface area (Å²) in [6.07, 6.45) is -0.637. The first kappa shape index (κ1) is 11.3. The van der Waals surface area contributed by atoms with E-state index in [1.165, 1.54) is 7.11 Å². The summed E-state index contributed by atoms with van der Waals surface area (Å²) in [6.45, 7) is 1.63. The molecule has 0 heterocycles. The highest BCUT2D eigenvalue weighted by Gasteiger charge is 2.18. The Balaban J connectivity index is 3.13. The van der Waals surface area contributed by atoms with Gasteiger partial charge in [0.1, 0.15) is 5.75 Å². The Morgan fingerprint density at radius 1 is 1.50 bits per heavy atom. The van der Waals surface area contributed by atoms with Gasteiger partial charge in [-0.05, 0) is 13.0 Å². The molecule has 1 aromatic carbocycles. The van der Waals surface area contributed by atoms with Crippen LogP contribution in [0.1, 0.15) is 18.5 Å². The molecule has 0 unspecified atom stereocenters. The van der Waals surface area contributed by atoms with Crippen LogP contribution < -0.4 is 10.5 Å². The number of ether oxygens (including phenoxy) is 1. The molecule has 0 aromatic heterocycles. The number of rotatable bonds is 3. The van der Waals surface area contributed by atoms with Crippen LogP contribution in [0.25, 0.3) is 0 Å². The summed E-state index contributed by atoms with van der Waals surface area (Å²) >= 11 is 5.92. The molecule has 0 amide bonds. The topological polar surface area (TPSA) is 55.5 Å². The summed E-state index contributed by atoms with van der Waals surface area (Å²) in [7, 11) is 1.53. The van der Waals surface area contributed by atoms with E-state index >= 15 is 0 Å². The molecule has 3 nitrogen and oxygen atoms in total. The van der Waals surface area contributed by atoms with Gasteiger partial charge in [-0.3, -0.25) is 0 Å². The van der Waals surface area contributed by atoms with Crippen molar-refractivity contribution in [3.8, 4) is 5.75 Å². The van der Waals surface area contributed by atoms with Crippen molar-refractivity contribution in [3.05, 3.63) is 28.8 Å². The van der Waals surface area contributed by atoms with Crippen molar-refractivity contribution in [1.82, 2.24) is 0 Å². The smallest absolute Gasteiger partial charge is 0.142 e. The highest BCUT2D eigenvalue weighted by molar-refractivity contribution is 6.32. The zero-order chi connectivity index (χ0) is 10.7. The normalized spacial score (nSPS) is 14.9. The SMILES string of the molecule is COc1c(Cl)cccc1[C@@H](N)[C@@H](C)O. The third-order valence-corrected chi connectivity index (χ3v) is 2.38. The number of halogens is 1. The van der Waals surface area contributed by atoms with E-state index in [-0.39, 0.29) is 0 Å². The van der Waals surface area contributed by atoms with Crippen LogP contribution in [0.2, 0.25) is 5.02 Å². The number of aliphatic hydroxyl groups is 1. The first-order chi connectivity index (χ1) is 6.57. The van der Waals surface area contributed by atoms with Crippen LogP contribution in [-0.4, -0.2) is 18.3 Å². The average Bonchev–Trinajstić information content (AvgIpc) is 2.16. The van der Waals surface area contributed by atoms with Gasteiger partial charge >= 0.3 is 0 Å². The van der Waals surface area contributed by atoms with Crippen LogP contribution in [0.15, 0.2) is 18.2 Å². The molecular weight excluding hydrogens is 202 g/mol. The fraction of sp³-hybridized carbons (Fsp3) is 0.400. The molecule has 0 aliphatic rings. The van der Waals surface area contributed by atoms with E-state index in [0.29, 0.717) is 10.8 Å². The van der Waals surface area contributed by atoms with Gasteiger partial charge in [0.05, 0.1) is 24.3 Å². The van der Waals surface area contributed by atoms with E-state index < -0.39 is 12.1 Å². The largest absolute Gasteiger partial charge is 0.495 e. The number of para-hydroxylation sites is 1. The number of methoxy groups -OCH3 is 1. The predicted octanol–water partition coefficient (Wildman–Crippen LogP) is 1.73. The maximum absolute atomic E-state index is 9.36. The summed E-state index contributed by atoms with van der Waals surface area (Å²) in [5.74, 6) is 0.530. The third-order valence-electron chi connectivity index (χ3n) is 2.08. The Morgan fingerprint density at radius 3 is 2.64 bits per heavy atom. The number of benzene rings is 1. The lowest BCUT2D eigenvalue weighted by atomic mass is 10.0. The molecule has 78 valence electrons. The maximum Gasteiger partial charge on any atom is 0.142 e. The van der Waals surface area contributed by atoms with Crippen molar-refractivity contribution in [1.29, 1.82) is 0 Å². The lowest BCUT2D eigenvalue weighted by Gasteiger charge is -2.18. The maximum atomic E-state index is 9.36. The average molecular weight is 216 g/mol. The van der Waals surface area contributed by atoms with E-state index in [1.54, 1.807) is 25.1 Å². The molecule has 1 aromatic rings. The second kappa shape index (κ2) is 4.64. The Labute approximate surface area is 88.4 Å². The Morgan fingerprint density at radius 2 is 2.14 bits per heavy atom. The monoisotopic (exact) mass is 215 g/mol. The first-order valence-corrected chi connectivity index (χ1v) is 4.71. The molecule has 14 heavy (non-hydrogen) atoms. The van der Waals surface area contributed by atoms with E-state index in [9.17, 15) is 5.11 Å². The highest BCUT2D eigenvalue weighted by atomic mass is 35.5. The molecule has 1 rings (SSSR count). The molecule has 4 heteroatoms. The Hall–Kier alpha value is -0.770. The van der Waals surface area contributed by atoms with E-state index in [0.717, 1.165) is 5.56 Å². The molecule has 0 spiro atoms. The first-order valence-electron chi connectivity index (χ1n) is 4.34. The van der Waals surface area contributed by atoms with Gasteiger partial charge in [-0.1, -0.05) is 23.7 Å². The van der Waals surface area contributed by atoms with Crippen LogP contribution in [0.4, 0.5) is 0 Å². The fourth-order valence-electron chi connectivity index (χ4n) is 1.26. The van der Waals surface area contributed by atoms with Gasteiger partial charge in [-0.25, -0.2) is 0 Å². The highest BCUT2D eigenvalue weighted by Crippen LogP contribution is 2.32. The van der Waals surface area contributed by atoms with Crippen molar-refractivity contribution >= 4 is 11.6 Å². The minimum Gasteiger partial charge on any atom is -0.495 e. The standard InChI is InChI=1S/C10H14ClNO2/c1-6(13)9(12)7-4-3-5-8(11)10(7)14-2/h3-6,9,13H,12H2,1-2H3/t6-,9+/m1/s1. The molecule has 0 bridgehead atoms. The predicted molar refractivity (Wildman–Crippen MR) is 56.6 cm³/mol. The summed E-state index contributed by atoms with van der Waals surface area (Å²) in [4.78, 5) is 0. The Bertz CT molecular complexity index is 315. The summed E-state index contributed by atoms with van der Waals surface area (Å²) < 4.78 is 5.12. The van der Waals surface area contributed by atoms with Crippen molar-refractivity contribution in [2.45, 2.75) is 19.1 Å². The van der Waals surface area contributed by atoms with Crippen LogP contribution in [0.3, 0.4) is 0 Å². The minimum atomic E-state index is -0.637. The van der Waals surface area contributed by atoms with Crippen molar-refractivity contribution < 1.29 is 9.84 Å². The molecule has 3 N–H and O–H groups in total. The van der Waals surface area contributed by atoms with Crippen molar-refractivity contribution in [2.24, 2.45) is 5.73 Å². The third kappa shape index (κ3) is 2.18. The summed E-state index contributed by atoms with van der Waals surface area (Å²) in [5.41, 5.74) is 6.51. The van der Waals surface area contributed by atoms with E-state index in [2.05, 4.69) is 0 Å². The molecule has 0 saturated heterocycles. The van der Waals surface area contributed by atoms with Crippen molar-refractivity contribution in [3.63, 3.8) is 0 Å². The molecular formula is C10H14ClNO2. The number of nitrogens with two attached hydrogens (primary N) is 1. The molecule has 0 aliphatic carbocycles. The van der Waals surface area contributed by atoms with Gasteiger partial charge in [0.25, 0.3) is 0 Å². The number of aliphatic hydroxyl groups excluding tert-OH is 1. The summed E-state index contributed by atoms with van der Waals surface area (Å²) in [6, 6.07) is 4.81. The van der Waals surface area contributed by atoms with Gasteiger partial charge in [0.15, 0.2) is 0 Å². The lowest BCUT2D eigenvalue weighted by molar-refractivity contribution is 0.162. The van der Waals surface area contributed by atoms with Gasteiger partial charge < -0.3 is 15.6 Å². The van der Waals surface area contributed by atoms with Crippen LogP contribution in [-0.2, 0) is 0 Å². The molecule has 0 radical (unpaired) electrons. The fourth-order valence-corrected chi connectivity index (χ4v) is 1.52. The zero-order valence-corrected chi connectivity index (χ0v) is 8.95. The zero-order valence-electron chi connectivity index (χ0n) is 8.20. The molecule has 0 fully saturated rings. The lowest BCUT2D eigenvalue weighted by Crippen LogP contribution is -2.23. The molecule has 0 aliphatic heterocycles. The van der Waals surface area contributed by atoms with Gasteiger partial charge in [-0.2, -0.15) is 0 Å². The molecule has 2 atom stereocenters. The Kier molecular flexibility index (Phi) is 3.75. The second-order valence-electron chi connectivity index (χ2n) is 3.13. The van der Waals surface area contributed by atoms with Gasteiger partial charge in [-0.15, -0.1) is 0 Å². The minimum absolute atomic E-state index is 0.483. The van der Waals surface area contributed by atoms with Gasteiger partial charge in [0.2, 0.25) is 0 Å². The van der Waals surface area contributed by atoms with Gasteiger partial charge in [0, 0.05) is 5.56 Å². The summed E-state index contributed by atoms with van der Waals surface area (Å²) in [5, 5.41) is 9.86. The molecule has 0 saturated carbocycles. The number of hydrogen-bond donors (Lipinski definition) is 2. The second-order valence-corrected chi connectivity index (χ2v) is 3.54. The number of hydrogen-bond acceptors (Lipinski definition) is 3. The quantitative estimate of drug-likeness (QED) is 0.808. The van der Waals surface area contributed by atoms with E-state index in [4.69, 9.17) is 22.1 Å². The van der Waals surface area contributed by atoms with Crippen LogP contribution in [0.5, 0.6) is 5.75 Å².